The second kappa shape index (κ2) is 9.70. The molecule has 0 bridgehead atoms. The Labute approximate surface area is 152 Å². The first kappa shape index (κ1) is 19.6. The van der Waals surface area contributed by atoms with Gasteiger partial charge in [-0.15, -0.1) is 0 Å². The van der Waals surface area contributed by atoms with E-state index in [0.29, 0.717) is 31.7 Å². The molecule has 0 radical (unpaired) electrons. The molecule has 0 amide bonds. The van der Waals surface area contributed by atoms with Gasteiger partial charge in [0.25, 0.3) is 5.56 Å². The van der Waals surface area contributed by atoms with Crippen molar-refractivity contribution in [1.29, 1.82) is 5.26 Å². The van der Waals surface area contributed by atoms with E-state index in [0.717, 1.165) is 10.1 Å². The molecule has 0 N–H and O–H groups in total. The van der Waals surface area contributed by atoms with Crippen molar-refractivity contribution in [1.82, 2.24) is 9.13 Å². The van der Waals surface area contributed by atoms with Gasteiger partial charge in [-0.2, -0.15) is 5.26 Å². The highest BCUT2D eigenvalue weighted by Crippen LogP contribution is 2.09. The van der Waals surface area contributed by atoms with E-state index < -0.39 is 11.2 Å². The lowest BCUT2D eigenvalue weighted by atomic mass is 10.1. The average Bonchev–Trinajstić information content (AvgIpc) is 2.66. The summed E-state index contributed by atoms with van der Waals surface area (Å²) >= 11 is 0. The molecule has 0 saturated heterocycles. The molecule has 0 atom stereocenters. The summed E-state index contributed by atoms with van der Waals surface area (Å²) in [4.78, 5) is 25.3. The van der Waals surface area contributed by atoms with E-state index in [-0.39, 0.29) is 19.0 Å². The molecule has 0 spiro atoms. The van der Waals surface area contributed by atoms with Gasteiger partial charge in [0.05, 0.1) is 0 Å². The smallest absolute Gasteiger partial charge is 0.335 e. The molecule has 0 aliphatic heterocycles. The van der Waals surface area contributed by atoms with Gasteiger partial charge in [0.15, 0.2) is 0 Å². The van der Waals surface area contributed by atoms with E-state index in [2.05, 4.69) is 0 Å². The number of benzene rings is 1. The van der Waals surface area contributed by atoms with Crippen LogP contribution in [0, 0.1) is 11.3 Å². The largest absolute Gasteiger partial charge is 0.361 e. The van der Waals surface area contributed by atoms with Crippen LogP contribution < -0.4 is 11.2 Å². The van der Waals surface area contributed by atoms with Crippen molar-refractivity contribution in [3.05, 3.63) is 68.0 Å². The summed E-state index contributed by atoms with van der Waals surface area (Å²) in [6.07, 6.45) is 0.996. The van der Waals surface area contributed by atoms with Crippen LogP contribution in [-0.4, -0.2) is 22.3 Å². The maximum Gasteiger partial charge on any atom is 0.335 e. The quantitative estimate of drug-likeness (QED) is 0.681. The third kappa shape index (κ3) is 4.48. The van der Waals surface area contributed by atoms with E-state index in [4.69, 9.17) is 9.47 Å². The summed E-state index contributed by atoms with van der Waals surface area (Å²) in [5, 5.41) is 9.53. The van der Waals surface area contributed by atoms with Crippen molar-refractivity contribution in [3.63, 3.8) is 0 Å². The van der Waals surface area contributed by atoms with Crippen LogP contribution in [0.1, 0.15) is 30.7 Å². The third-order valence-corrected chi connectivity index (χ3v) is 3.99. The Hall–Kier alpha value is -2.69. The number of rotatable bonds is 9. The lowest BCUT2D eigenvalue weighted by Crippen LogP contribution is -2.44. The first-order valence-corrected chi connectivity index (χ1v) is 8.60. The fourth-order valence-electron chi connectivity index (χ4n) is 2.63. The van der Waals surface area contributed by atoms with Crippen molar-refractivity contribution in [3.8, 4) is 6.07 Å². The Balaban J connectivity index is 2.51. The van der Waals surface area contributed by atoms with Crippen molar-refractivity contribution in [2.45, 2.75) is 40.2 Å². The van der Waals surface area contributed by atoms with E-state index in [1.54, 1.807) is 6.92 Å². The van der Waals surface area contributed by atoms with Crippen molar-refractivity contribution in [2.24, 2.45) is 0 Å². The molecule has 1 heterocycles. The molecular formula is C19H23N3O4. The first-order valence-electron chi connectivity index (χ1n) is 8.60. The zero-order valence-electron chi connectivity index (χ0n) is 15.1. The van der Waals surface area contributed by atoms with Gasteiger partial charge in [-0.05, 0) is 32.3 Å². The Morgan fingerprint density at radius 2 is 1.58 bits per heavy atom. The third-order valence-electron chi connectivity index (χ3n) is 3.99. The van der Waals surface area contributed by atoms with Crippen LogP contribution in [0.25, 0.3) is 0 Å². The van der Waals surface area contributed by atoms with Gasteiger partial charge in [0.2, 0.25) is 0 Å². The van der Waals surface area contributed by atoms with Crippen LogP contribution >= 0.6 is 0 Å². The number of aromatic nitrogens is 2. The molecule has 26 heavy (non-hydrogen) atoms. The number of hydrogen-bond donors (Lipinski definition) is 0. The molecule has 0 fully saturated rings. The predicted molar refractivity (Wildman–Crippen MR) is 96.8 cm³/mol. The zero-order chi connectivity index (χ0) is 18.9. The molecule has 0 aliphatic carbocycles. The van der Waals surface area contributed by atoms with Gasteiger partial charge in [0, 0.05) is 18.9 Å². The lowest BCUT2D eigenvalue weighted by Gasteiger charge is -2.17. The summed E-state index contributed by atoms with van der Waals surface area (Å²) < 4.78 is 12.9. The lowest BCUT2D eigenvalue weighted by molar-refractivity contribution is 0.0646. The Bertz CT molecular complexity index is 879. The van der Waals surface area contributed by atoms with Crippen molar-refractivity contribution < 1.29 is 9.47 Å². The number of ether oxygens (including phenoxy) is 2. The summed E-state index contributed by atoms with van der Waals surface area (Å²) in [7, 11) is 0. The van der Waals surface area contributed by atoms with Crippen LogP contribution in [-0.2, 0) is 35.8 Å². The molecule has 0 saturated carbocycles. The Morgan fingerprint density at radius 3 is 2.15 bits per heavy atom. The molecule has 1 aromatic carbocycles. The van der Waals surface area contributed by atoms with Crippen molar-refractivity contribution in [2.75, 3.05) is 13.2 Å². The van der Waals surface area contributed by atoms with E-state index in [1.165, 1.54) is 4.57 Å². The molecule has 0 unspecified atom stereocenters. The molecular weight excluding hydrogens is 334 g/mol. The first-order chi connectivity index (χ1) is 12.6. The summed E-state index contributed by atoms with van der Waals surface area (Å²) in [6, 6.07) is 11.7. The molecule has 138 valence electrons. The van der Waals surface area contributed by atoms with Gasteiger partial charge >= 0.3 is 5.69 Å². The number of hydrogen-bond acceptors (Lipinski definition) is 5. The minimum absolute atomic E-state index is 0.0134. The Morgan fingerprint density at radius 1 is 0.962 bits per heavy atom. The van der Waals surface area contributed by atoms with E-state index in [1.807, 2.05) is 43.3 Å². The second-order valence-electron chi connectivity index (χ2n) is 5.61. The fourth-order valence-corrected chi connectivity index (χ4v) is 2.63. The summed E-state index contributed by atoms with van der Waals surface area (Å²) in [5.41, 5.74) is 0.263. The van der Waals surface area contributed by atoms with Crippen molar-refractivity contribution >= 4 is 0 Å². The van der Waals surface area contributed by atoms with Gasteiger partial charge < -0.3 is 9.47 Å². The number of nitrogens with zero attached hydrogens (tertiary/aromatic N) is 3. The van der Waals surface area contributed by atoms with E-state index >= 15 is 0 Å². The highest BCUT2D eigenvalue weighted by molar-refractivity contribution is 5.32. The maximum atomic E-state index is 12.8. The molecule has 0 aliphatic rings. The molecule has 2 rings (SSSR count). The fraction of sp³-hybridized carbons (Fsp3) is 0.421. The molecule has 1 aromatic heterocycles. The maximum absolute atomic E-state index is 12.8. The monoisotopic (exact) mass is 357 g/mol. The number of nitriles is 1. The van der Waals surface area contributed by atoms with E-state index in [9.17, 15) is 14.9 Å². The van der Waals surface area contributed by atoms with Crippen LogP contribution in [0.15, 0.2) is 39.9 Å². The van der Waals surface area contributed by atoms with Gasteiger partial charge in [-0.25, -0.2) is 9.36 Å². The average molecular weight is 357 g/mol. The zero-order valence-corrected chi connectivity index (χ0v) is 15.1. The highest BCUT2D eigenvalue weighted by Gasteiger charge is 2.19. The van der Waals surface area contributed by atoms with Gasteiger partial charge in [-0.1, -0.05) is 30.3 Å². The molecule has 2 aromatic rings. The van der Waals surface area contributed by atoms with Gasteiger partial charge in [0.1, 0.15) is 25.1 Å². The number of aryl methyl sites for hydroxylation is 1. The normalized spacial score (nSPS) is 10.7. The van der Waals surface area contributed by atoms with Crippen LogP contribution in [0.2, 0.25) is 0 Å². The van der Waals surface area contributed by atoms with Gasteiger partial charge in [-0.3, -0.25) is 9.36 Å². The minimum Gasteiger partial charge on any atom is -0.361 e. The standard InChI is InChI=1S/C19H23N3O4/c1-3-25-13-21-17(11-10-15-8-6-5-7-9-15)16(12-20)18(23)22(19(21)24)14-26-4-2/h5-9H,3-4,10-11,13-14H2,1-2H3. The second-order valence-corrected chi connectivity index (χ2v) is 5.61. The predicted octanol–water partition coefficient (Wildman–Crippen LogP) is 1.65. The minimum atomic E-state index is -0.623. The van der Waals surface area contributed by atoms with Crippen LogP contribution in [0.4, 0.5) is 0 Å². The Kier molecular flexibility index (Phi) is 7.33. The van der Waals surface area contributed by atoms with Crippen LogP contribution in [0.3, 0.4) is 0 Å². The molecule has 7 nitrogen and oxygen atoms in total. The highest BCUT2D eigenvalue weighted by atomic mass is 16.5. The topological polar surface area (TPSA) is 86.2 Å². The summed E-state index contributed by atoms with van der Waals surface area (Å²) in [5.74, 6) is 0. The SMILES string of the molecule is CCOCn1c(CCc2ccccc2)c(C#N)c(=O)n(COCC)c1=O. The summed E-state index contributed by atoms with van der Waals surface area (Å²) in [6.45, 7) is 4.15. The molecule has 7 heteroatoms. The van der Waals surface area contributed by atoms with Crippen LogP contribution in [0.5, 0.6) is 0 Å².